The molecule has 0 aliphatic heterocycles. The van der Waals surface area contributed by atoms with Crippen LogP contribution in [0.25, 0.3) is 0 Å². The van der Waals surface area contributed by atoms with Crippen molar-refractivity contribution in [2.75, 3.05) is 13.6 Å². The molecule has 1 aromatic carbocycles. The first-order chi connectivity index (χ1) is 13.0. The third kappa shape index (κ3) is 6.15. The van der Waals surface area contributed by atoms with Gasteiger partial charge in [-0.05, 0) is 55.7 Å². The number of pyridine rings is 1. The number of halogens is 1. The van der Waals surface area contributed by atoms with E-state index in [-0.39, 0.29) is 17.2 Å². The second kappa shape index (κ2) is 9.53. The third-order valence-corrected chi connectivity index (χ3v) is 10.7. The molecule has 5 heteroatoms. The highest BCUT2D eigenvalue weighted by Crippen LogP contribution is 2.41. The van der Waals surface area contributed by atoms with Crippen LogP contribution >= 0.6 is 11.6 Å². The van der Waals surface area contributed by atoms with Crippen molar-refractivity contribution in [1.82, 2.24) is 9.88 Å². The average molecular weight is 419 g/mol. The molecule has 0 bridgehead atoms. The third-order valence-electron chi connectivity index (χ3n) is 6.03. The summed E-state index contributed by atoms with van der Waals surface area (Å²) in [4.78, 5) is 6.58. The van der Waals surface area contributed by atoms with Gasteiger partial charge in [0.1, 0.15) is 5.15 Å². The lowest BCUT2D eigenvalue weighted by atomic mass is 10.0. The van der Waals surface area contributed by atoms with Crippen molar-refractivity contribution in [2.45, 2.75) is 64.4 Å². The monoisotopic (exact) mass is 418 g/mol. The second-order valence-electron chi connectivity index (χ2n) is 9.17. The SMILES string of the molecule is C[C@H]([C@@H](O[Si](C)(C)C(C)(C)C)c1ccccc1)N(C)CCc1ccc(Cl)nc1. The molecule has 0 spiro atoms. The number of hydrogen-bond acceptors (Lipinski definition) is 3. The van der Waals surface area contributed by atoms with Gasteiger partial charge in [0.25, 0.3) is 0 Å². The Bertz CT molecular complexity index is 729. The predicted molar refractivity (Wildman–Crippen MR) is 123 cm³/mol. The quantitative estimate of drug-likeness (QED) is 0.368. The molecule has 0 saturated heterocycles. The summed E-state index contributed by atoms with van der Waals surface area (Å²) >= 11 is 5.90. The molecule has 0 fully saturated rings. The van der Waals surface area contributed by atoms with Crippen molar-refractivity contribution in [3.63, 3.8) is 0 Å². The van der Waals surface area contributed by atoms with E-state index < -0.39 is 8.32 Å². The maximum absolute atomic E-state index is 6.91. The van der Waals surface area contributed by atoms with Crippen molar-refractivity contribution >= 4 is 19.9 Å². The minimum Gasteiger partial charge on any atom is -0.408 e. The number of rotatable bonds is 8. The highest BCUT2D eigenvalue weighted by molar-refractivity contribution is 6.74. The highest BCUT2D eigenvalue weighted by atomic mass is 35.5. The summed E-state index contributed by atoms with van der Waals surface area (Å²) in [5.74, 6) is 0. The predicted octanol–water partition coefficient (Wildman–Crippen LogP) is 6.36. The van der Waals surface area contributed by atoms with Gasteiger partial charge >= 0.3 is 0 Å². The Balaban J connectivity index is 2.15. The zero-order chi connectivity index (χ0) is 20.9. The molecule has 0 unspecified atom stereocenters. The molecule has 2 atom stereocenters. The van der Waals surface area contributed by atoms with Crippen LogP contribution in [-0.2, 0) is 10.8 Å². The number of hydrogen-bond donors (Lipinski definition) is 0. The van der Waals surface area contributed by atoms with E-state index in [0.717, 1.165) is 13.0 Å². The van der Waals surface area contributed by atoms with Crippen LogP contribution in [0.2, 0.25) is 23.3 Å². The molecule has 28 heavy (non-hydrogen) atoms. The summed E-state index contributed by atoms with van der Waals surface area (Å²) in [6.07, 6.45) is 2.85. The van der Waals surface area contributed by atoms with Gasteiger partial charge in [0.2, 0.25) is 0 Å². The van der Waals surface area contributed by atoms with E-state index in [9.17, 15) is 0 Å². The lowest BCUT2D eigenvalue weighted by Gasteiger charge is -2.43. The standard InChI is InChI=1S/C23H35ClN2OSi/c1-18(26(5)16-15-19-13-14-21(24)25-17-19)22(20-11-9-8-10-12-20)27-28(6,7)23(2,3)4/h8-14,17-18,22H,15-16H2,1-7H3/t18-,22-/m1/s1. The number of aromatic nitrogens is 1. The van der Waals surface area contributed by atoms with Crippen molar-refractivity contribution in [1.29, 1.82) is 0 Å². The molecule has 0 aliphatic carbocycles. The molecular weight excluding hydrogens is 384 g/mol. The van der Waals surface area contributed by atoms with Crippen molar-refractivity contribution < 1.29 is 4.43 Å². The molecule has 3 nitrogen and oxygen atoms in total. The summed E-state index contributed by atoms with van der Waals surface area (Å²) in [5.41, 5.74) is 2.45. The van der Waals surface area contributed by atoms with Crippen molar-refractivity contribution in [3.05, 3.63) is 64.9 Å². The fraction of sp³-hybridized carbons (Fsp3) is 0.522. The Morgan fingerprint density at radius 3 is 2.29 bits per heavy atom. The van der Waals surface area contributed by atoms with Crippen LogP contribution in [0.15, 0.2) is 48.7 Å². The Labute approximate surface area is 177 Å². The number of nitrogens with zero attached hydrogens (tertiary/aromatic N) is 2. The maximum atomic E-state index is 6.91. The summed E-state index contributed by atoms with van der Waals surface area (Å²) in [7, 11) is 0.276. The van der Waals surface area contributed by atoms with E-state index in [2.05, 4.69) is 94.1 Å². The Morgan fingerprint density at radius 1 is 1.11 bits per heavy atom. The van der Waals surface area contributed by atoms with E-state index in [0.29, 0.717) is 5.15 Å². The van der Waals surface area contributed by atoms with E-state index in [4.69, 9.17) is 16.0 Å². The van der Waals surface area contributed by atoms with Crippen molar-refractivity contribution in [3.8, 4) is 0 Å². The first-order valence-corrected chi connectivity index (χ1v) is 13.3. The first kappa shape index (κ1) is 23.1. The second-order valence-corrected chi connectivity index (χ2v) is 14.3. The van der Waals surface area contributed by atoms with E-state index in [1.807, 2.05) is 12.3 Å². The number of benzene rings is 1. The average Bonchev–Trinajstić information content (AvgIpc) is 2.64. The van der Waals surface area contributed by atoms with Gasteiger partial charge in [0, 0.05) is 18.8 Å². The van der Waals surface area contributed by atoms with Gasteiger partial charge in [-0.2, -0.15) is 0 Å². The molecule has 0 saturated carbocycles. The fourth-order valence-electron chi connectivity index (χ4n) is 2.88. The van der Waals surface area contributed by atoms with Gasteiger partial charge in [0.05, 0.1) is 6.10 Å². The van der Waals surface area contributed by atoms with Crippen LogP contribution < -0.4 is 0 Å². The normalized spacial score (nSPS) is 14.9. The summed E-state index contributed by atoms with van der Waals surface area (Å²) in [6, 6.07) is 14.8. The zero-order valence-electron chi connectivity index (χ0n) is 18.4. The Hall–Kier alpha value is -1.20. The first-order valence-electron chi connectivity index (χ1n) is 10.0. The minimum atomic E-state index is -1.90. The molecule has 0 radical (unpaired) electrons. The largest absolute Gasteiger partial charge is 0.408 e. The topological polar surface area (TPSA) is 25.4 Å². The smallest absolute Gasteiger partial charge is 0.192 e. The molecule has 0 amide bonds. The number of likely N-dealkylation sites (N-methyl/N-ethyl adjacent to an activating group) is 1. The molecule has 1 heterocycles. The zero-order valence-corrected chi connectivity index (χ0v) is 20.1. The van der Waals surface area contributed by atoms with Crippen LogP contribution in [0.4, 0.5) is 0 Å². The van der Waals surface area contributed by atoms with Gasteiger partial charge in [-0.25, -0.2) is 4.98 Å². The molecule has 154 valence electrons. The van der Waals surface area contributed by atoms with Crippen LogP contribution in [0.1, 0.15) is 44.9 Å². The molecule has 1 aromatic heterocycles. The van der Waals surface area contributed by atoms with E-state index in [1.54, 1.807) is 0 Å². The van der Waals surface area contributed by atoms with Crippen LogP contribution in [0.3, 0.4) is 0 Å². The van der Waals surface area contributed by atoms with Gasteiger partial charge < -0.3 is 9.33 Å². The van der Waals surface area contributed by atoms with Crippen LogP contribution in [0.5, 0.6) is 0 Å². The Morgan fingerprint density at radius 2 is 1.75 bits per heavy atom. The summed E-state index contributed by atoms with van der Waals surface area (Å²) < 4.78 is 6.91. The van der Waals surface area contributed by atoms with Crippen molar-refractivity contribution in [2.24, 2.45) is 0 Å². The highest BCUT2D eigenvalue weighted by Gasteiger charge is 2.41. The van der Waals surface area contributed by atoms with E-state index >= 15 is 0 Å². The van der Waals surface area contributed by atoms with Gasteiger partial charge in [-0.15, -0.1) is 0 Å². The lowest BCUT2D eigenvalue weighted by molar-refractivity contribution is 0.0812. The molecule has 0 N–H and O–H groups in total. The van der Waals surface area contributed by atoms with Gasteiger partial charge in [-0.1, -0.05) is 68.8 Å². The molecule has 2 rings (SSSR count). The minimum absolute atomic E-state index is 0.0513. The van der Waals surface area contributed by atoms with E-state index in [1.165, 1.54) is 11.1 Å². The molecule has 2 aromatic rings. The fourth-order valence-corrected chi connectivity index (χ4v) is 4.31. The summed E-state index contributed by atoms with van der Waals surface area (Å²) in [6.45, 7) is 14.7. The van der Waals surface area contributed by atoms with Gasteiger partial charge in [0.15, 0.2) is 8.32 Å². The van der Waals surface area contributed by atoms with Crippen LogP contribution in [0, 0.1) is 0 Å². The van der Waals surface area contributed by atoms with Crippen LogP contribution in [-0.4, -0.2) is 37.8 Å². The lowest BCUT2D eigenvalue weighted by Crippen LogP contribution is -2.46. The Kier molecular flexibility index (Phi) is 7.86. The maximum Gasteiger partial charge on any atom is 0.192 e. The molecular formula is C23H35ClN2OSi. The summed E-state index contributed by atoms with van der Waals surface area (Å²) in [5, 5.41) is 0.713. The molecule has 0 aliphatic rings. The van der Waals surface area contributed by atoms with Gasteiger partial charge in [-0.3, -0.25) is 0 Å².